The lowest BCUT2D eigenvalue weighted by molar-refractivity contribution is 0.0734. The fourth-order valence-corrected chi connectivity index (χ4v) is 4.33. The zero-order valence-electron chi connectivity index (χ0n) is 23.2. The van der Waals surface area contributed by atoms with Gasteiger partial charge in [0, 0.05) is 27.4 Å². The van der Waals surface area contributed by atoms with Crippen LogP contribution in [0.15, 0.2) is 90.0 Å². The van der Waals surface area contributed by atoms with E-state index in [0.29, 0.717) is 46.5 Å². The summed E-state index contributed by atoms with van der Waals surface area (Å²) >= 11 is 12.0. The molecule has 0 saturated carbocycles. The van der Waals surface area contributed by atoms with Crippen molar-refractivity contribution in [3.05, 3.63) is 117 Å². The lowest BCUT2D eigenvalue weighted by Gasteiger charge is -2.12. The number of halogens is 2. The standard InChI is InChI=1S/C32H27Cl2N3O6/c1-3-41-28-15-12-21(17-29(28)42-4-2)30(38)36-24-10-7-9-20(16-24)31(39)37-35-19-22-8-5-6-11-27(22)43-32(40)25-14-13-23(33)18-26(25)34/h5-19H,3-4H2,1-2H3,(H,36,38)(H,37,39). The van der Waals surface area contributed by atoms with Gasteiger partial charge in [-0.15, -0.1) is 0 Å². The second kappa shape index (κ2) is 14.9. The van der Waals surface area contributed by atoms with Gasteiger partial charge in [0.15, 0.2) is 11.5 Å². The van der Waals surface area contributed by atoms with Crippen LogP contribution in [-0.4, -0.2) is 37.2 Å². The first-order valence-corrected chi connectivity index (χ1v) is 13.9. The van der Waals surface area contributed by atoms with Crippen LogP contribution in [0.25, 0.3) is 0 Å². The second-order valence-corrected chi connectivity index (χ2v) is 9.66. The van der Waals surface area contributed by atoms with Gasteiger partial charge in [0.25, 0.3) is 11.8 Å². The minimum absolute atomic E-state index is 0.148. The molecule has 4 aromatic rings. The predicted octanol–water partition coefficient (Wildman–Crippen LogP) is 7.03. The smallest absolute Gasteiger partial charge is 0.345 e. The van der Waals surface area contributed by atoms with E-state index in [1.54, 1.807) is 60.7 Å². The second-order valence-electron chi connectivity index (χ2n) is 8.81. The van der Waals surface area contributed by atoms with Crippen molar-refractivity contribution >= 4 is 52.9 Å². The SMILES string of the molecule is CCOc1ccc(C(=O)Nc2cccc(C(=O)NN=Cc3ccccc3OC(=O)c3ccc(Cl)cc3Cl)c2)cc1OCC. The number of amides is 2. The zero-order chi connectivity index (χ0) is 30.8. The third-order valence-electron chi connectivity index (χ3n) is 5.83. The van der Waals surface area contributed by atoms with Crippen LogP contribution in [0.4, 0.5) is 5.69 Å². The van der Waals surface area contributed by atoms with Gasteiger partial charge < -0.3 is 19.5 Å². The Kier molecular flexibility index (Phi) is 10.7. The van der Waals surface area contributed by atoms with Crippen LogP contribution >= 0.6 is 23.2 Å². The van der Waals surface area contributed by atoms with Gasteiger partial charge >= 0.3 is 5.97 Å². The highest BCUT2D eigenvalue weighted by Crippen LogP contribution is 2.29. The molecule has 0 fully saturated rings. The van der Waals surface area contributed by atoms with E-state index in [1.165, 1.54) is 30.5 Å². The number of rotatable bonds is 11. The Morgan fingerprint density at radius 1 is 0.767 bits per heavy atom. The van der Waals surface area contributed by atoms with Gasteiger partial charge in [0.2, 0.25) is 0 Å². The molecule has 0 saturated heterocycles. The highest BCUT2D eigenvalue weighted by atomic mass is 35.5. The maximum atomic E-state index is 12.9. The third-order valence-corrected chi connectivity index (χ3v) is 6.38. The molecule has 0 heterocycles. The highest BCUT2D eigenvalue weighted by Gasteiger charge is 2.16. The van der Waals surface area contributed by atoms with E-state index in [9.17, 15) is 14.4 Å². The van der Waals surface area contributed by atoms with E-state index in [4.69, 9.17) is 37.4 Å². The summed E-state index contributed by atoms with van der Waals surface area (Å²) < 4.78 is 16.6. The summed E-state index contributed by atoms with van der Waals surface area (Å²) in [5, 5.41) is 7.33. The zero-order valence-corrected chi connectivity index (χ0v) is 24.7. The Labute approximate surface area is 258 Å². The molecule has 0 aliphatic carbocycles. The Balaban J connectivity index is 1.41. The number of anilines is 1. The quantitative estimate of drug-likeness (QED) is 0.0806. The van der Waals surface area contributed by atoms with E-state index < -0.39 is 11.9 Å². The first-order chi connectivity index (χ1) is 20.8. The molecular weight excluding hydrogens is 593 g/mol. The van der Waals surface area contributed by atoms with Gasteiger partial charge in [0.1, 0.15) is 5.75 Å². The largest absolute Gasteiger partial charge is 0.490 e. The topological polar surface area (TPSA) is 115 Å². The van der Waals surface area contributed by atoms with Gasteiger partial charge in [-0.25, -0.2) is 10.2 Å². The molecule has 220 valence electrons. The molecule has 0 spiro atoms. The molecule has 0 unspecified atom stereocenters. The summed E-state index contributed by atoms with van der Waals surface area (Å²) in [6, 6.07) is 22.4. The third kappa shape index (κ3) is 8.34. The van der Waals surface area contributed by atoms with Crippen molar-refractivity contribution in [3.8, 4) is 17.2 Å². The molecule has 4 rings (SSSR count). The van der Waals surface area contributed by atoms with E-state index in [0.717, 1.165) is 0 Å². The van der Waals surface area contributed by atoms with E-state index in [-0.39, 0.29) is 27.8 Å². The first-order valence-electron chi connectivity index (χ1n) is 13.2. The summed E-state index contributed by atoms with van der Waals surface area (Å²) in [6.07, 6.45) is 1.34. The average Bonchev–Trinajstić information content (AvgIpc) is 2.99. The number of esters is 1. The van der Waals surface area contributed by atoms with Crippen molar-refractivity contribution in [2.75, 3.05) is 18.5 Å². The van der Waals surface area contributed by atoms with Crippen molar-refractivity contribution in [3.63, 3.8) is 0 Å². The van der Waals surface area contributed by atoms with Crippen molar-refractivity contribution in [2.24, 2.45) is 5.10 Å². The molecule has 2 amide bonds. The van der Waals surface area contributed by atoms with Crippen LogP contribution in [0, 0.1) is 0 Å². The van der Waals surface area contributed by atoms with Crippen molar-refractivity contribution in [1.29, 1.82) is 0 Å². The number of carbonyl (C=O) groups is 3. The average molecular weight is 620 g/mol. The molecule has 9 nitrogen and oxygen atoms in total. The number of hydrogen-bond donors (Lipinski definition) is 2. The van der Waals surface area contributed by atoms with E-state index in [1.807, 2.05) is 13.8 Å². The van der Waals surface area contributed by atoms with Crippen LogP contribution in [0.1, 0.15) is 50.5 Å². The van der Waals surface area contributed by atoms with Gasteiger partial charge in [-0.2, -0.15) is 5.10 Å². The predicted molar refractivity (Wildman–Crippen MR) is 166 cm³/mol. The molecule has 0 atom stereocenters. The van der Waals surface area contributed by atoms with E-state index >= 15 is 0 Å². The van der Waals surface area contributed by atoms with E-state index in [2.05, 4.69) is 15.8 Å². The fourth-order valence-electron chi connectivity index (χ4n) is 3.85. The number of hydrogen-bond acceptors (Lipinski definition) is 7. The minimum Gasteiger partial charge on any atom is -0.490 e. The maximum Gasteiger partial charge on any atom is 0.345 e. The summed E-state index contributed by atoms with van der Waals surface area (Å²) in [6.45, 7) is 4.58. The number of carbonyl (C=O) groups excluding carboxylic acids is 3. The van der Waals surface area contributed by atoms with Crippen LogP contribution < -0.4 is 25.0 Å². The van der Waals surface area contributed by atoms with Gasteiger partial charge in [-0.1, -0.05) is 41.4 Å². The summed E-state index contributed by atoms with van der Waals surface area (Å²) in [5.41, 5.74) is 4.05. The van der Waals surface area contributed by atoms with Crippen LogP contribution in [0.2, 0.25) is 10.0 Å². The molecule has 4 aromatic carbocycles. The van der Waals surface area contributed by atoms with Crippen molar-refractivity contribution < 1.29 is 28.6 Å². The summed E-state index contributed by atoms with van der Waals surface area (Å²) in [5.74, 6) is -0.354. The maximum absolute atomic E-state index is 12.9. The van der Waals surface area contributed by atoms with Gasteiger partial charge in [-0.3, -0.25) is 9.59 Å². The Morgan fingerprint density at radius 2 is 1.51 bits per heavy atom. The minimum atomic E-state index is -0.676. The molecule has 43 heavy (non-hydrogen) atoms. The fraction of sp³-hybridized carbons (Fsp3) is 0.125. The van der Waals surface area contributed by atoms with Crippen LogP contribution in [-0.2, 0) is 0 Å². The molecule has 0 aliphatic heterocycles. The van der Waals surface area contributed by atoms with Crippen LogP contribution in [0.3, 0.4) is 0 Å². The molecule has 11 heteroatoms. The molecule has 0 bridgehead atoms. The van der Waals surface area contributed by atoms with Gasteiger partial charge in [-0.05, 0) is 80.6 Å². The molecule has 0 radical (unpaired) electrons. The molecule has 0 aliphatic rings. The highest BCUT2D eigenvalue weighted by molar-refractivity contribution is 6.36. The number of benzene rings is 4. The normalized spacial score (nSPS) is 10.7. The Morgan fingerprint density at radius 3 is 2.28 bits per heavy atom. The number of ether oxygens (including phenoxy) is 3. The Hall–Kier alpha value is -4.86. The number of hydrazone groups is 1. The number of nitrogens with one attached hydrogen (secondary N) is 2. The summed E-state index contributed by atoms with van der Waals surface area (Å²) in [7, 11) is 0. The first kappa shape index (κ1) is 31.1. The monoisotopic (exact) mass is 619 g/mol. The lowest BCUT2D eigenvalue weighted by Crippen LogP contribution is -2.18. The van der Waals surface area contributed by atoms with Crippen LogP contribution in [0.5, 0.6) is 17.2 Å². The molecule has 0 aromatic heterocycles. The number of para-hydroxylation sites is 1. The summed E-state index contributed by atoms with van der Waals surface area (Å²) in [4.78, 5) is 38.3. The molecular formula is C32H27Cl2N3O6. The Bertz CT molecular complexity index is 1670. The van der Waals surface area contributed by atoms with Crippen molar-refractivity contribution in [2.45, 2.75) is 13.8 Å². The lowest BCUT2D eigenvalue weighted by atomic mass is 10.1. The number of nitrogens with zero attached hydrogens (tertiary/aromatic N) is 1. The molecule has 2 N–H and O–H groups in total. The van der Waals surface area contributed by atoms with Crippen molar-refractivity contribution in [1.82, 2.24) is 5.43 Å². The van der Waals surface area contributed by atoms with Gasteiger partial charge in [0.05, 0.1) is 30.0 Å².